The molecule has 0 spiro atoms. The Morgan fingerprint density at radius 2 is 2.15 bits per heavy atom. The molecule has 2 aromatic heterocycles. The molecule has 0 fully saturated rings. The molecule has 1 N–H and O–H groups in total. The highest BCUT2D eigenvalue weighted by molar-refractivity contribution is 6.31. The summed E-state index contributed by atoms with van der Waals surface area (Å²) in [6.45, 7) is 6.94. The lowest BCUT2D eigenvalue weighted by molar-refractivity contribution is 0.539. The number of aromatic nitrogens is 3. The third-order valence-corrected chi connectivity index (χ3v) is 4.13. The van der Waals surface area contributed by atoms with Gasteiger partial charge in [-0.2, -0.15) is 5.10 Å². The van der Waals surface area contributed by atoms with E-state index in [1.165, 1.54) is 11.1 Å². The standard InChI is InChI=1S/C15H21ClN4/c1-5-20-14(15(16)11(3)19-20)8-13(17-4)12-6-7-18-9-10(12)2/h6-7,9,13,17H,5,8H2,1-4H3. The van der Waals surface area contributed by atoms with Crippen LogP contribution in [-0.2, 0) is 13.0 Å². The van der Waals surface area contributed by atoms with Crippen molar-refractivity contribution in [1.29, 1.82) is 0 Å². The summed E-state index contributed by atoms with van der Waals surface area (Å²) in [4.78, 5) is 4.15. The van der Waals surface area contributed by atoms with Gasteiger partial charge in [0.25, 0.3) is 0 Å². The van der Waals surface area contributed by atoms with E-state index in [1.54, 1.807) is 0 Å². The van der Waals surface area contributed by atoms with Gasteiger partial charge in [-0.05, 0) is 45.0 Å². The van der Waals surface area contributed by atoms with Gasteiger partial charge in [-0.3, -0.25) is 9.67 Å². The molecule has 108 valence electrons. The Morgan fingerprint density at radius 3 is 2.75 bits per heavy atom. The Kier molecular flexibility index (Phi) is 4.78. The average molecular weight is 293 g/mol. The van der Waals surface area contributed by atoms with E-state index in [0.717, 1.165) is 29.4 Å². The Balaban J connectivity index is 2.34. The van der Waals surface area contributed by atoms with Crippen molar-refractivity contribution in [2.24, 2.45) is 0 Å². The molecule has 2 aromatic rings. The Morgan fingerprint density at radius 1 is 1.40 bits per heavy atom. The van der Waals surface area contributed by atoms with Crippen molar-refractivity contribution in [3.05, 3.63) is 46.0 Å². The van der Waals surface area contributed by atoms with Crippen LogP contribution in [0.2, 0.25) is 5.02 Å². The fourth-order valence-corrected chi connectivity index (χ4v) is 2.71. The van der Waals surface area contributed by atoms with Gasteiger partial charge in [0.2, 0.25) is 0 Å². The second kappa shape index (κ2) is 6.37. The van der Waals surface area contributed by atoms with Crippen LogP contribution in [0.5, 0.6) is 0 Å². The van der Waals surface area contributed by atoms with E-state index in [1.807, 2.05) is 31.0 Å². The van der Waals surface area contributed by atoms with Crippen molar-refractivity contribution < 1.29 is 0 Å². The van der Waals surface area contributed by atoms with Crippen molar-refractivity contribution in [3.8, 4) is 0 Å². The van der Waals surface area contributed by atoms with Crippen molar-refractivity contribution in [2.75, 3.05) is 7.05 Å². The van der Waals surface area contributed by atoms with Crippen molar-refractivity contribution >= 4 is 11.6 Å². The zero-order valence-corrected chi connectivity index (χ0v) is 13.2. The Hall–Kier alpha value is -1.39. The molecule has 0 saturated carbocycles. The fourth-order valence-electron chi connectivity index (χ4n) is 2.50. The molecule has 2 rings (SSSR count). The lowest BCUT2D eigenvalue weighted by atomic mass is 9.99. The van der Waals surface area contributed by atoms with Gasteiger partial charge in [-0.1, -0.05) is 11.6 Å². The topological polar surface area (TPSA) is 42.7 Å². The van der Waals surface area contributed by atoms with E-state index >= 15 is 0 Å². The zero-order chi connectivity index (χ0) is 14.7. The molecule has 0 aliphatic rings. The maximum atomic E-state index is 6.40. The van der Waals surface area contributed by atoms with Gasteiger partial charge < -0.3 is 5.32 Å². The van der Waals surface area contributed by atoms with E-state index in [-0.39, 0.29) is 6.04 Å². The van der Waals surface area contributed by atoms with Gasteiger partial charge in [0.05, 0.1) is 16.4 Å². The van der Waals surface area contributed by atoms with Crippen LogP contribution in [0.15, 0.2) is 18.5 Å². The lowest BCUT2D eigenvalue weighted by Crippen LogP contribution is -2.21. The minimum absolute atomic E-state index is 0.205. The average Bonchev–Trinajstić information content (AvgIpc) is 2.73. The first-order valence-electron chi connectivity index (χ1n) is 6.88. The predicted octanol–water partition coefficient (Wildman–Crippen LogP) is 3.07. The molecular weight excluding hydrogens is 272 g/mol. The third-order valence-electron chi connectivity index (χ3n) is 3.64. The molecule has 0 saturated heterocycles. The molecule has 5 heteroatoms. The van der Waals surface area contributed by atoms with Gasteiger partial charge in [0.15, 0.2) is 0 Å². The predicted molar refractivity (Wildman–Crippen MR) is 82.1 cm³/mol. The molecule has 0 amide bonds. The first-order chi connectivity index (χ1) is 9.58. The Labute approximate surface area is 125 Å². The number of nitrogens with zero attached hydrogens (tertiary/aromatic N) is 3. The van der Waals surface area contributed by atoms with Gasteiger partial charge >= 0.3 is 0 Å². The highest BCUT2D eigenvalue weighted by Gasteiger charge is 2.19. The van der Waals surface area contributed by atoms with Crippen molar-refractivity contribution in [2.45, 2.75) is 39.8 Å². The summed E-state index contributed by atoms with van der Waals surface area (Å²) in [6.07, 6.45) is 4.54. The van der Waals surface area contributed by atoms with Crippen LogP contribution in [0.3, 0.4) is 0 Å². The second-order valence-electron chi connectivity index (χ2n) is 4.94. The van der Waals surface area contributed by atoms with E-state index in [9.17, 15) is 0 Å². The minimum atomic E-state index is 0.205. The molecule has 0 aliphatic carbocycles. The van der Waals surface area contributed by atoms with Gasteiger partial charge in [-0.15, -0.1) is 0 Å². The van der Waals surface area contributed by atoms with Crippen molar-refractivity contribution in [1.82, 2.24) is 20.1 Å². The van der Waals surface area contributed by atoms with Crippen LogP contribution in [0.1, 0.15) is 35.5 Å². The maximum absolute atomic E-state index is 6.40. The number of rotatable bonds is 5. The van der Waals surface area contributed by atoms with Gasteiger partial charge in [0.1, 0.15) is 0 Å². The van der Waals surface area contributed by atoms with Crippen molar-refractivity contribution in [3.63, 3.8) is 0 Å². The SMILES string of the molecule is CCn1nc(C)c(Cl)c1CC(NC)c1ccncc1C. The van der Waals surface area contributed by atoms with Crippen LogP contribution in [-0.4, -0.2) is 21.8 Å². The maximum Gasteiger partial charge on any atom is 0.0847 e. The molecule has 4 nitrogen and oxygen atoms in total. The smallest absolute Gasteiger partial charge is 0.0847 e. The third kappa shape index (κ3) is 2.86. The minimum Gasteiger partial charge on any atom is -0.313 e. The Bertz CT molecular complexity index is 592. The summed E-state index contributed by atoms with van der Waals surface area (Å²) in [5.41, 5.74) is 4.41. The van der Waals surface area contributed by atoms with Crippen LogP contribution in [0.4, 0.5) is 0 Å². The summed E-state index contributed by atoms with van der Waals surface area (Å²) < 4.78 is 1.98. The first kappa shape index (κ1) is 15.0. The molecular formula is C15H21ClN4. The fraction of sp³-hybridized carbons (Fsp3) is 0.467. The highest BCUT2D eigenvalue weighted by atomic mass is 35.5. The summed E-state index contributed by atoms with van der Waals surface area (Å²) in [5, 5.41) is 8.62. The monoisotopic (exact) mass is 292 g/mol. The summed E-state index contributed by atoms with van der Waals surface area (Å²) >= 11 is 6.40. The largest absolute Gasteiger partial charge is 0.313 e. The van der Waals surface area contributed by atoms with E-state index < -0.39 is 0 Å². The molecule has 0 aromatic carbocycles. The van der Waals surface area contributed by atoms with E-state index in [2.05, 4.69) is 35.3 Å². The number of pyridine rings is 1. The second-order valence-corrected chi connectivity index (χ2v) is 5.32. The number of likely N-dealkylation sites (N-methyl/N-ethyl adjacent to an activating group) is 1. The molecule has 0 radical (unpaired) electrons. The molecule has 1 unspecified atom stereocenters. The lowest BCUT2D eigenvalue weighted by Gasteiger charge is -2.19. The number of nitrogens with one attached hydrogen (secondary N) is 1. The summed E-state index contributed by atoms with van der Waals surface area (Å²) in [7, 11) is 1.97. The van der Waals surface area contributed by atoms with Crippen LogP contribution >= 0.6 is 11.6 Å². The number of aryl methyl sites for hydroxylation is 3. The highest BCUT2D eigenvalue weighted by Crippen LogP contribution is 2.27. The van der Waals surface area contributed by atoms with Gasteiger partial charge in [0, 0.05) is 31.4 Å². The number of halogens is 1. The van der Waals surface area contributed by atoms with Gasteiger partial charge in [-0.25, -0.2) is 0 Å². The quantitative estimate of drug-likeness (QED) is 0.921. The molecule has 2 heterocycles. The van der Waals surface area contributed by atoms with Crippen LogP contribution < -0.4 is 5.32 Å². The number of hydrogen-bond acceptors (Lipinski definition) is 3. The van der Waals surface area contributed by atoms with E-state index in [0.29, 0.717) is 0 Å². The van der Waals surface area contributed by atoms with Crippen LogP contribution in [0.25, 0.3) is 0 Å². The van der Waals surface area contributed by atoms with E-state index in [4.69, 9.17) is 11.6 Å². The summed E-state index contributed by atoms with van der Waals surface area (Å²) in [6, 6.07) is 2.26. The normalized spacial score (nSPS) is 12.7. The molecule has 0 bridgehead atoms. The van der Waals surface area contributed by atoms with Crippen LogP contribution in [0, 0.1) is 13.8 Å². The zero-order valence-electron chi connectivity index (χ0n) is 12.4. The molecule has 0 aliphatic heterocycles. The first-order valence-corrected chi connectivity index (χ1v) is 7.25. The molecule has 20 heavy (non-hydrogen) atoms. The summed E-state index contributed by atoms with van der Waals surface area (Å²) in [5.74, 6) is 0. The number of hydrogen-bond donors (Lipinski definition) is 1. The molecule has 1 atom stereocenters.